The number of hydrogen-bond donors (Lipinski definition) is 3. The average molecular weight is 425 g/mol. The number of carbonyl (C=O) groups excluding carboxylic acids is 2. The van der Waals surface area contributed by atoms with Crippen LogP contribution in [0.25, 0.3) is 0 Å². The Bertz CT molecular complexity index is 1110. The number of para-hydroxylation sites is 1. The summed E-state index contributed by atoms with van der Waals surface area (Å²) in [4.78, 5) is 40.4. The van der Waals surface area contributed by atoms with E-state index >= 15 is 0 Å². The summed E-state index contributed by atoms with van der Waals surface area (Å²) in [5.41, 5.74) is 2.24. The second kappa shape index (κ2) is 9.19. The fourth-order valence-corrected chi connectivity index (χ4v) is 3.49. The van der Waals surface area contributed by atoms with Gasteiger partial charge in [0.1, 0.15) is 5.75 Å². The van der Waals surface area contributed by atoms with Crippen LogP contribution in [0.4, 0.5) is 15.6 Å². The Morgan fingerprint density at radius 2 is 1.87 bits per heavy atom. The van der Waals surface area contributed by atoms with Crippen molar-refractivity contribution >= 4 is 39.9 Å². The highest BCUT2D eigenvalue weighted by Crippen LogP contribution is 2.26. The minimum absolute atomic E-state index is 0.227. The summed E-state index contributed by atoms with van der Waals surface area (Å²) in [6, 6.07) is 11.4. The molecule has 3 aromatic rings. The molecule has 0 saturated carbocycles. The van der Waals surface area contributed by atoms with Gasteiger partial charge >= 0.3 is 12.0 Å². The molecular weight excluding hydrogens is 406 g/mol. The number of benzene rings is 2. The molecule has 2 aromatic carbocycles. The number of urea groups is 1. The molecule has 9 heteroatoms. The third-order valence-electron chi connectivity index (χ3n) is 4.12. The van der Waals surface area contributed by atoms with E-state index in [9.17, 15) is 14.4 Å². The molecule has 0 aliphatic carbocycles. The lowest BCUT2D eigenvalue weighted by Gasteiger charge is -2.13. The smallest absolute Gasteiger partial charge is 0.325 e. The molecule has 0 aliphatic rings. The molecular formula is C21H19N3O5S. The molecule has 0 unspecified atom stereocenters. The van der Waals surface area contributed by atoms with Crippen molar-refractivity contribution in [2.45, 2.75) is 13.3 Å². The number of nitrogens with one attached hydrogen (secondary N) is 2. The van der Waals surface area contributed by atoms with Crippen LogP contribution in [0, 0.1) is 6.92 Å². The normalized spacial score (nSPS) is 10.3. The molecule has 0 bridgehead atoms. The second-order valence-electron chi connectivity index (χ2n) is 6.37. The largest absolute Gasteiger partial charge is 0.496 e. The van der Waals surface area contributed by atoms with E-state index in [1.807, 2.05) is 6.92 Å². The van der Waals surface area contributed by atoms with Crippen LogP contribution in [-0.4, -0.2) is 35.0 Å². The molecule has 0 saturated heterocycles. The Kier molecular flexibility index (Phi) is 6.43. The predicted octanol–water partition coefficient (Wildman–Crippen LogP) is 3.96. The zero-order valence-corrected chi connectivity index (χ0v) is 17.1. The van der Waals surface area contributed by atoms with Crippen LogP contribution in [0.3, 0.4) is 0 Å². The molecule has 8 nitrogen and oxygen atoms in total. The molecule has 0 spiro atoms. The van der Waals surface area contributed by atoms with Gasteiger partial charge in [0, 0.05) is 10.9 Å². The predicted molar refractivity (Wildman–Crippen MR) is 114 cm³/mol. The standard InChI is InChI=1S/C21H19N3O5S/c1-12-7-8-14(19(27)15-5-3-4-6-17(15)29-2)16(9-12)23-20(28)24-21-22-13(11-30-21)10-18(25)26/h3-9,11H,10H2,1-2H3,(H,25,26)(H2,22,23,24,28). The molecule has 0 atom stereocenters. The topological polar surface area (TPSA) is 118 Å². The first kappa shape index (κ1) is 21.0. The number of methoxy groups -OCH3 is 1. The van der Waals surface area contributed by atoms with Crippen LogP contribution in [-0.2, 0) is 11.2 Å². The van der Waals surface area contributed by atoms with Crippen molar-refractivity contribution in [1.82, 2.24) is 4.98 Å². The zero-order chi connectivity index (χ0) is 21.7. The van der Waals surface area contributed by atoms with E-state index in [0.29, 0.717) is 28.3 Å². The summed E-state index contributed by atoms with van der Waals surface area (Å²) in [5.74, 6) is -0.858. The summed E-state index contributed by atoms with van der Waals surface area (Å²) >= 11 is 1.12. The van der Waals surface area contributed by atoms with Gasteiger partial charge in [0.2, 0.25) is 0 Å². The third-order valence-corrected chi connectivity index (χ3v) is 4.93. The number of thiazole rings is 1. The van der Waals surface area contributed by atoms with E-state index < -0.39 is 12.0 Å². The fraction of sp³-hybridized carbons (Fsp3) is 0.143. The number of aromatic nitrogens is 1. The van der Waals surface area contributed by atoms with Crippen molar-refractivity contribution in [3.05, 3.63) is 70.2 Å². The van der Waals surface area contributed by atoms with Gasteiger partial charge in [-0.2, -0.15) is 0 Å². The summed E-state index contributed by atoms with van der Waals surface area (Å²) < 4.78 is 5.27. The van der Waals surface area contributed by atoms with E-state index in [4.69, 9.17) is 9.84 Å². The number of carboxylic acid groups (broad SMARTS) is 1. The van der Waals surface area contributed by atoms with Gasteiger partial charge in [-0.1, -0.05) is 18.2 Å². The first-order valence-corrected chi connectivity index (χ1v) is 9.78. The highest BCUT2D eigenvalue weighted by molar-refractivity contribution is 7.14. The van der Waals surface area contributed by atoms with Crippen molar-refractivity contribution < 1.29 is 24.2 Å². The van der Waals surface area contributed by atoms with Crippen molar-refractivity contribution in [2.75, 3.05) is 17.7 Å². The van der Waals surface area contributed by atoms with Crippen molar-refractivity contribution in [3.63, 3.8) is 0 Å². The summed E-state index contributed by atoms with van der Waals surface area (Å²) in [6.45, 7) is 1.85. The maximum Gasteiger partial charge on any atom is 0.325 e. The number of aryl methyl sites for hydroxylation is 1. The van der Waals surface area contributed by atoms with E-state index in [1.54, 1.807) is 47.8 Å². The number of ketones is 1. The number of amides is 2. The first-order valence-electron chi connectivity index (χ1n) is 8.90. The fourth-order valence-electron chi connectivity index (χ4n) is 2.79. The van der Waals surface area contributed by atoms with Crippen LogP contribution >= 0.6 is 11.3 Å². The number of anilines is 2. The van der Waals surface area contributed by atoms with E-state index in [-0.39, 0.29) is 17.3 Å². The van der Waals surface area contributed by atoms with Crippen molar-refractivity contribution in [2.24, 2.45) is 0 Å². The van der Waals surface area contributed by atoms with Gasteiger partial charge in [-0.3, -0.25) is 14.9 Å². The van der Waals surface area contributed by atoms with Crippen LogP contribution < -0.4 is 15.4 Å². The Hall–Kier alpha value is -3.72. The molecule has 1 aromatic heterocycles. The number of nitrogens with zero attached hydrogens (tertiary/aromatic N) is 1. The summed E-state index contributed by atoms with van der Waals surface area (Å²) in [5, 5.41) is 15.9. The summed E-state index contributed by atoms with van der Waals surface area (Å²) in [7, 11) is 1.49. The number of hydrogen-bond acceptors (Lipinski definition) is 6. The quantitative estimate of drug-likeness (QED) is 0.493. The van der Waals surface area contributed by atoms with Gasteiger partial charge in [-0.15, -0.1) is 11.3 Å². The van der Waals surface area contributed by atoms with Gasteiger partial charge in [0.15, 0.2) is 10.9 Å². The molecule has 154 valence electrons. The Labute approximate surface area is 176 Å². The van der Waals surface area contributed by atoms with E-state index in [2.05, 4.69) is 15.6 Å². The Balaban J connectivity index is 1.81. The van der Waals surface area contributed by atoms with Crippen molar-refractivity contribution in [1.29, 1.82) is 0 Å². The van der Waals surface area contributed by atoms with Gasteiger partial charge in [-0.05, 0) is 36.8 Å². The Morgan fingerprint density at radius 3 is 2.60 bits per heavy atom. The SMILES string of the molecule is COc1ccccc1C(=O)c1ccc(C)cc1NC(=O)Nc1nc(CC(=O)O)cs1. The minimum Gasteiger partial charge on any atom is -0.496 e. The lowest BCUT2D eigenvalue weighted by Crippen LogP contribution is -2.21. The maximum absolute atomic E-state index is 13.1. The molecule has 3 N–H and O–H groups in total. The molecule has 3 rings (SSSR count). The zero-order valence-electron chi connectivity index (χ0n) is 16.3. The van der Waals surface area contributed by atoms with E-state index in [1.165, 1.54) is 7.11 Å². The second-order valence-corrected chi connectivity index (χ2v) is 7.23. The molecule has 30 heavy (non-hydrogen) atoms. The Morgan fingerprint density at radius 1 is 1.10 bits per heavy atom. The van der Waals surface area contributed by atoms with E-state index in [0.717, 1.165) is 16.9 Å². The number of carbonyl (C=O) groups is 3. The van der Waals surface area contributed by atoms with Crippen LogP contribution in [0.15, 0.2) is 47.8 Å². The number of rotatable bonds is 7. The molecule has 0 fully saturated rings. The van der Waals surface area contributed by atoms with Gasteiger partial charge in [-0.25, -0.2) is 9.78 Å². The highest BCUT2D eigenvalue weighted by Gasteiger charge is 2.19. The monoisotopic (exact) mass is 425 g/mol. The van der Waals surface area contributed by atoms with Gasteiger partial charge in [0.05, 0.1) is 30.5 Å². The molecule has 0 aliphatic heterocycles. The minimum atomic E-state index is -1.00. The van der Waals surface area contributed by atoms with Gasteiger partial charge < -0.3 is 15.2 Å². The lowest BCUT2D eigenvalue weighted by molar-refractivity contribution is -0.136. The molecule has 2 amide bonds. The molecule has 1 heterocycles. The van der Waals surface area contributed by atoms with Crippen LogP contribution in [0.5, 0.6) is 5.75 Å². The maximum atomic E-state index is 13.1. The molecule has 0 radical (unpaired) electrons. The average Bonchev–Trinajstić information content (AvgIpc) is 3.13. The van der Waals surface area contributed by atoms with Crippen LogP contribution in [0.2, 0.25) is 0 Å². The lowest BCUT2D eigenvalue weighted by atomic mass is 9.99. The van der Waals surface area contributed by atoms with Crippen LogP contribution in [0.1, 0.15) is 27.2 Å². The summed E-state index contributed by atoms with van der Waals surface area (Å²) in [6.07, 6.45) is -0.227. The number of aliphatic carboxylic acids is 1. The third kappa shape index (κ3) is 5.00. The first-order chi connectivity index (χ1) is 14.4. The highest BCUT2D eigenvalue weighted by atomic mass is 32.1. The number of carboxylic acids is 1. The van der Waals surface area contributed by atoms with Gasteiger partial charge in [0.25, 0.3) is 0 Å². The van der Waals surface area contributed by atoms with Crippen molar-refractivity contribution in [3.8, 4) is 5.75 Å². The number of ether oxygens (including phenoxy) is 1.